The number of ether oxygens (including phenoxy) is 2. The highest BCUT2D eigenvalue weighted by atomic mass is 80.0. The molecular formula is C32H35Br3N4O6. The van der Waals surface area contributed by atoms with Crippen LogP contribution in [0.25, 0.3) is 0 Å². The summed E-state index contributed by atoms with van der Waals surface area (Å²) < 4.78 is 9.76. The molecule has 240 valence electrons. The zero-order valence-electron chi connectivity index (χ0n) is 25.0. The first-order valence-corrected chi connectivity index (χ1v) is 16.5. The molecule has 4 amide bonds. The largest absolute Gasteiger partial charge is 0.464 e. The van der Waals surface area contributed by atoms with E-state index in [1.807, 2.05) is 67.6 Å². The molecule has 0 aliphatic carbocycles. The van der Waals surface area contributed by atoms with Gasteiger partial charge in [0.05, 0.1) is 6.61 Å². The van der Waals surface area contributed by atoms with Crippen molar-refractivity contribution < 1.29 is 28.7 Å². The lowest BCUT2D eigenvalue weighted by Gasteiger charge is -2.21. The topological polar surface area (TPSA) is 135 Å². The van der Waals surface area contributed by atoms with Gasteiger partial charge in [-0.1, -0.05) is 115 Å². The number of alkyl halides is 3. The van der Waals surface area contributed by atoms with Crippen molar-refractivity contribution in [2.24, 2.45) is 0 Å². The highest BCUT2D eigenvalue weighted by Gasteiger charge is 2.27. The van der Waals surface area contributed by atoms with Crippen molar-refractivity contribution in [2.45, 2.75) is 47.8 Å². The second-order valence-corrected chi connectivity index (χ2v) is 17.4. The monoisotopic (exact) mass is 808 g/mol. The summed E-state index contributed by atoms with van der Waals surface area (Å²) in [6, 6.07) is 18.8. The molecule has 0 fully saturated rings. The molecule has 13 heteroatoms. The van der Waals surface area contributed by atoms with E-state index in [1.165, 1.54) is 0 Å². The third-order valence-corrected chi connectivity index (χ3v) is 7.16. The average molecular weight is 811 g/mol. The van der Waals surface area contributed by atoms with Gasteiger partial charge in [0.1, 0.15) is 18.7 Å². The average Bonchev–Trinajstić information content (AvgIpc) is 2.98. The Hall–Kier alpha value is -3.42. The molecule has 2 atom stereocenters. The second kappa shape index (κ2) is 17.3. The molecule has 0 aromatic heterocycles. The van der Waals surface area contributed by atoms with E-state index in [9.17, 15) is 19.2 Å². The molecule has 4 N–H and O–H groups in total. The molecule has 10 nitrogen and oxygen atoms in total. The van der Waals surface area contributed by atoms with Crippen LogP contribution in [0.5, 0.6) is 0 Å². The standard InChI is InChI=1S/C32H35Br3N4O6/c1-4-44-28(40)26(16-22-11-7-5-8-12-22)38-30(42)36-24-18-25(21(3)15-20(24)2)37-31(43)39-27(17-23-13-9-6-10-14-23)29(41)45-19-32(33,34)35/h5-15,18,26-27H,4,16-17,19H2,1-3H3,(H2,36,38,42)(H2,37,39,43)/t26-,27-/m0/s1. The first kappa shape index (κ1) is 36.1. The summed E-state index contributed by atoms with van der Waals surface area (Å²) in [6.07, 6.45) is 0.457. The minimum atomic E-state index is -0.985. The SMILES string of the molecule is CCOC(=O)[C@H](Cc1ccccc1)NC(=O)Nc1cc(NC(=O)N[C@@H](Cc2ccccc2)C(=O)OCC(Br)(Br)Br)c(C)cc1C. The predicted molar refractivity (Wildman–Crippen MR) is 185 cm³/mol. The van der Waals surface area contributed by atoms with Crippen LogP contribution in [0.15, 0.2) is 72.8 Å². The molecule has 3 aromatic carbocycles. The van der Waals surface area contributed by atoms with Crippen LogP contribution in [0.1, 0.15) is 29.2 Å². The number of anilines is 2. The third kappa shape index (κ3) is 12.5. The van der Waals surface area contributed by atoms with Gasteiger partial charge in [-0.25, -0.2) is 19.2 Å². The van der Waals surface area contributed by atoms with Crippen molar-refractivity contribution in [1.82, 2.24) is 10.6 Å². The van der Waals surface area contributed by atoms with Crippen LogP contribution in [0.2, 0.25) is 0 Å². The normalized spacial score (nSPS) is 12.3. The Morgan fingerprint density at radius 1 is 0.689 bits per heavy atom. The van der Waals surface area contributed by atoms with Gasteiger partial charge < -0.3 is 30.7 Å². The first-order chi connectivity index (χ1) is 21.3. The molecule has 0 heterocycles. The van der Waals surface area contributed by atoms with Gasteiger partial charge in [0, 0.05) is 24.2 Å². The van der Waals surface area contributed by atoms with Gasteiger partial charge in [0.15, 0.2) is 2.14 Å². The van der Waals surface area contributed by atoms with Crippen LogP contribution in [0.3, 0.4) is 0 Å². The number of hydrogen-bond acceptors (Lipinski definition) is 6. The number of benzene rings is 3. The minimum absolute atomic E-state index is 0.0447. The molecule has 0 bridgehead atoms. The van der Waals surface area contributed by atoms with Crippen molar-refractivity contribution in [3.63, 3.8) is 0 Å². The van der Waals surface area contributed by atoms with Gasteiger partial charge >= 0.3 is 24.0 Å². The number of amides is 4. The summed E-state index contributed by atoms with van der Waals surface area (Å²) in [5.41, 5.74) is 3.98. The number of nitrogens with one attached hydrogen (secondary N) is 4. The van der Waals surface area contributed by atoms with Crippen LogP contribution in [-0.2, 0) is 31.9 Å². The number of aryl methyl sites for hydroxylation is 2. The molecule has 0 saturated heterocycles. The fraction of sp³-hybridized carbons (Fsp3) is 0.312. The van der Waals surface area contributed by atoms with Crippen LogP contribution in [0.4, 0.5) is 21.0 Å². The Labute approximate surface area is 287 Å². The maximum Gasteiger partial charge on any atom is 0.329 e. The highest BCUT2D eigenvalue weighted by molar-refractivity contribution is 9.39. The molecule has 0 spiro atoms. The van der Waals surface area contributed by atoms with E-state index >= 15 is 0 Å². The van der Waals surface area contributed by atoms with E-state index in [1.54, 1.807) is 26.0 Å². The maximum atomic E-state index is 13.1. The quantitative estimate of drug-likeness (QED) is 0.119. The van der Waals surface area contributed by atoms with Crippen LogP contribution in [0, 0.1) is 13.8 Å². The Balaban J connectivity index is 1.72. The van der Waals surface area contributed by atoms with Crippen molar-refractivity contribution >= 4 is 83.2 Å². The van der Waals surface area contributed by atoms with E-state index in [2.05, 4.69) is 69.1 Å². The Kier molecular flexibility index (Phi) is 13.9. The maximum absolute atomic E-state index is 13.1. The van der Waals surface area contributed by atoms with Gasteiger partial charge in [-0.3, -0.25) is 0 Å². The zero-order valence-corrected chi connectivity index (χ0v) is 29.8. The fourth-order valence-corrected chi connectivity index (χ4v) is 4.68. The van der Waals surface area contributed by atoms with Crippen molar-refractivity contribution in [1.29, 1.82) is 0 Å². The number of halogens is 3. The second-order valence-electron chi connectivity index (χ2n) is 10.1. The molecule has 3 aromatic rings. The molecule has 0 saturated carbocycles. The number of urea groups is 2. The lowest BCUT2D eigenvalue weighted by molar-refractivity contribution is -0.146. The predicted octanol–water partition coefficient (Wildman–Crippen LogP) is 6.71. The van der Waals surface area contributed by atoms with E-state index < -0.39 is 38.2 Å². The van der Waals surface area contributed by atoms with Gasteiger partial charge in [-0.05, 0) is 49.1 Å². The number of hydrogen-bond donors (Lipinski definition) is 4. The van der Waals surface area contributed by atoms with E-state index in [-0.39, 0.29) is 26.1 Å². The molecule has 45 heavy (non-hydrogen) atoms. The summed E-state index contributed by atoms with van der Waals surface area (Å²) in [7, 11) is 0. The molecule has 0 unspecified atom stereocenters. The van der Waals surface area contributed by atoms with Crippen LogP contribution in [-0.4, -0.2) is 51.4 Å². The van der Waals surface area contributed by atoms with Crippen molar-refractivity contribution in [2.75, 3.05) is 23.8 Å². The van der Waals surface area contributed by atoms with Crippen LogP contribution < -0.4 is 21.3 Å². The Morgan fingerprint density at radius 3 is 1.51 bits per heavy atom. The number of esters is 2. The van der Waals surface area contributed by atoms with Gasteiger partial charge in [-0.2, -0.15) is 0 Å². The van der Waals surface area contributed by atoms with Gasteiger partial charge in [-0.15, -0.1) is 0 Å². The minimum Gasteiger partial charge on any atom is -0.464 e. The molecule has 0 aliphatic rings. The lowest BCUT2D eigenvalue weighted by atomic mass is 10.1. The fourth-order valence-electron chi connectivity index (χ4n) is 4.34. The lowest BCUT2D eigenvalue weighted by Crippen LogP contribution is -2.46. The van der Waals surface area contributed by atoms with E-state index in [4.69, 9.17) is 9.47 Å². The number of carbonyl (C=O) groups is 4. The molecule has 3 rings (SSSR count). The Morgan fingerprint density at radius 2 is 1.11 bits per heavy atom. The number of carbonyl (C=O) groups excluding carboxylic acids is 4. The van der Waals surface area contributed by atoms with Gasteiger partial charge in [0.25, 0.3) is 0 Å². The third-order valence-electron chi connectivity index (χ3n) is 6.48. The Bertz CT molecular complexity index is 1470. The molecular weight excluding hydrogens is 776 g/mol. The van der Waals surface area contributed by atoms with E-state index in [0.717, 1.165) is 22.3 Å². The molecule has 0 radical (unpaired) electrons. The van der Waals surface area contributed by atoms with Crippen molar-refractivity contribution in [3.8, 4) is 0 Å². The van der Waals surface area contributed by atoms with Crippen LogP contribution >= 0.6 is 47.8 Å². The molecule has 0 aliphatic heterocycles. The zero-order chi connectivity index (χ0) is 33.0. The van der Waals surface area contributed by atoms with Gasteiger partial charge in [0.2, 0.25) is 0 Å². The summed E-state index contributed by atoms with van der Waals surface area (Å²) in [5.74, 6) is -1.17. The summed E-state index contributed by atoms with van der Waals surface area (Å²) >= 11 is 9.89. The summed E-state index contributed by atoms with van der Waals surface area (Å²) in [5, 5.41) is 10.9. The summed E-state index contributed by atoms with van der Waals surface area (Å²) in [4.78, 5) is 51.7. The number of rotatable bonds is 12. The smallest absolute Gasteiger partial charge is 0.329 e. The summed E-state index contributed by atoms with van der Waals surface area (Å²) in [6.45, 7) is 5.45. The first-order valence-electron chi connectivity index (χ1n) is 14.1. The van der Waals surface area contributed by atoms with Crippen molar-refractivity contribution in [3.05, 3.63) is 95.1 Å². The van der Waals surface area contributed by atoms with E-state index in [0.29, 0.717) is 11.4 Å². The highest BCUT2D eigenvalue weighted by Crippen LogP contribution is 2.33.